The maximum Gasteiger partial charge on any atom is 0.415 e. The molecule has 1 heterocycles. The topological polar surface area (TPSA) is 65.1 Å². The lowest BCUT2D eigenvalue weighted by molar-refractivity contribution is 0.0526. The highest BCUT2D eigenvalue weighted by molar-refractivity contribution is 7.17. The smallest absolute Gasteiger partial charge is 0.415 e. The molecule has 0 fully saturated rings. The van der Waals surface area contributed by atoms with E-state index in [9.17, 15) is 9.59 Å². The first kappa shape index (κ1) is 22.2. The molecule has 1 aliphatic carbocycles. The van der Waals surface area contributed by atoms with Crippen LogP contribution < -0.4 is 9.64 Å². The number of hydrogen-bond acceptors (Lipinski definition) is 6. The third kappa shape index (κ3) is 4.78. The van der Waals surface area contributed by atoms with Crippen LogP contribution in [0.5, 0.6) is 5.75 Å². The van der Waals surface area contributed by atoms with E-state index in [4.69, 9.17) is 14.2 Å². The van der Waals surface area contributed by atoms with Gasteiger partial charge >= 0.3 is 12.1 Å². The summed E-state index contributed by atoms with van der Waals surface area (Å²) in [4.78, 5) is 28.6. The quantitative estimate of drug-likeness (QED) is 0.552. The zero-order chi connectivity index (χ0) is 21.7. The molecule has 7 heteroatoms. The van der Waals surface area contributed by atoms with E-state index < -0.39 is 6.09 Å². The molecule has 0 spiro atoms. The number of benzene rings is 1. The molecule has 0 saturated carbocycles. The van der Waals surface area contributed by atoms with Crippen molar-refractivity contribution >= 4 is 28.4 Å². The van der Waals surface area contributed by atoms with Crippen molar-refractivity contribution in [2.24, 2.45) is 0 Å². The second kappa shape index (κ2) is 9.98. The van der Waals surface area contributed by atoms with Crippen LogP contribution in [0.4, 0.5) is 9.80 Å². The van der Waals surface area contributed by atoms with Crippen LogP contribution in [-0.2, 0) is 28.9 Å². The number of anilines is 1. The van der Waals surface area contributed by atoms with Gasteiger partial charge in [-0.1, -0.05) is 12.1 Å². The van der Waals surface area contributed by atoms with Crippen molar-refractivity contribution in [1.29, 1.82) is 0 Å². The van der Waals surface area contributed by atoms with Gasteiger partial charge in [0, 0.05) is 10.9 Å². The maximum absolute atomic E-state index is 13.1. The third-order valence-electron chi connectivity index (χ3n) is 5.09. The van der Waals surface area contributed by atoms with E-state index in [0.717, 1.165) is 42.6 Å². The Bertz CT molecular complexity index is 888. The van der Waals surface area contributed by atoms with Gasteiger partial charge in [-0.05, 0) is 69.7 Å². The van der Waals surface area contributed by atoms with Crippen molar-refractivity contribution in [1.82, 2.24) is 0 Å². The van der Waals surface area contributed by atoms with Crippen molar-refractivity contribution in [2.45, 2.75) is 59.1 Å². The minimum Gasteiger partial charge on any atom is -0.497 e. The van der Waals surface area contributed by atoms with Crippen LogP contribution in [-0.4, -0.2) is 31.8 Å². The number of methoxy groups -OCH3 is 1. The molecule has 1 amide bonds. The van der Waals surface area contributed by atoms with Gasteiger partial charge in [-0.3, -0.25) is 4.90 Å². The summed E-state index contributed by atoms with van der Waals surface area (Å²) >= 11 is 1.52. The molecule has 0 radical (unpaired) electrons. The van der Waals surface area contributed by atoms with Gasteiger partial charge < -0.3 is 14.2 Å². The van der Waals surface area contributed by atoms with Gasteiger partial charge in [0.15, 0.2) is 0 Å². The monoisotopic (exact) mass is 431 g/mol. The number of amides is 1. The first-order valence-corrected chi connectivity index (χ1v) is 11.2. The Morgan fingerprint density at radius 1 is 1.10 bits per heavy atom. The second-order valence-corrected chi connectivity index (χ2v) is 8.56. The Morgan fingerprint density at radius 3 is 2.43 bits per heavy atom. The molecule has 0 N–H and O–H groups in total. The summed E-state index contributed by atoms with van der Waals surface area (Å²) in [7, 11) is 1.61. The zero-order valence-corrected chi connectivity index (χ0v) is 18.8. The van der Waals surface area contributed by atoms with Crippen molar-refractivity contribution in [3.63, 3.8) is 0 Å². The van der Waals surface area contributed by atoms with E-state index in [2.05, 4.69) is 0 Å². The number of esters is 1. The number of rotatable bonds is 7. The summed E-state index contributed by atoms with van der Waals surface area (Å²) in [5, 5.41) is 0.634. The highest BCUT2D eigenvalue weighted by Gasteiger charge is 2.33. The molecular weight excluding hydrogens is 402 g/mol. The second-order valence-electron chi connectivity index (χ2n) is 7.48. The predicted octanol–water partition coefficient (Wildman–Crippen LogP) is 5.36. The van der Waals surface area contributed by atoms with Crippen LogP contribution in [0.25, 0.3) is 0 Å². The van der Waals surface area contributed by atoms with Gasteiger partial charge in [0.2, 0.25) is 0 Å². The number of nitrogens with zero attached hydrogens (tertiary/aromatic N) is 1. The molecule has 1 aromatic heterocycles. The number of carbonyl (C=O) groups excluding carboxylic acids is 2. The first-order valence-electron chi connectivity index (χ1n) is 10.4. The summed E-state index contributed by atoms with van der Waals surface area (Å²) in [5.74, 6) is 0.387. The Hall–Kier alpha value is -2.54. The minimum absolute atomic E-state index is 0.145. The van der Waals surface area contributed by atoms with Crippen molar-refractivity contribution in [2.75, 3.05) is 18.6 Å². The fourth-order valence-electron chi connectivity index (χ4n) is 3.60. The standard InChI is InChI=1S/C23H29NO5S/c1-5-28-22(25)20-18-8-6-7-9-19(18)30-21(20)24(15(2)3)23(26)29-14-16-10-12-17(27-4)13-11-16/h10-13,15H,5-9,14H2,1-4H3. The largest absolute Gasteiger partial charge is 0.497 e. The number of ether oxygens (including phenoxy) is 3. The van der Waals surface area contributed by atoms with Crippen LogP contribution in [0.1, 0.15) is 60.0 Å². The van der Waals surface area contributed by atoms with Crippen LogP contribution in [0.3, 0.4) is 0 Å². The number of carbonyl (C=O) groups is 2. The summed E-state index contributed by atoms with van der Waals surface area (Å²) in [6.45, 7) is 6.07. The predicted molar refractivity (Wildman–Crippen MR) is 118 cm³/mol. The SMILES string of the molecule is CCOC(=O)c1c(N(C(=O)OCc2ccc(OC)cc2)C(C)C)sc2c1CCCC2. The van der Waals surface area contributed by atoms with Crippen molar-refractivity contribution < 1.29 is 23.8 Å². The summed E-state index contributed by atoms with van der Waals surface area (Å²) in [6.07, 6.45) is 3.44. The van der Waals surface area contributed by atoms with E-state index in [1.54, 1.807) is 18.9 Å². The molecule has 0 aliphatic heterocycles. The molecule has 1 aromatic carbocycles. The Morgan fingerprint density at radius 2 is 1.80 bits per heavy atom. The Labute approximate surface area is 181 Å². The fraction of sp³-hybridized carbons (Fsp3) is 0.478. The van der Waals surface area contributed by atoms with Crippen LogP contribution >= 0.6 is 11.3 Å². The molecule has 0 atom stereocenters. The molecular formula is C23H29NO5S. The molecule has 0 saturated heterocycles. The van der Waals surface area contributed by atoms with Crippen LogP contribution in [0.2, 0.25) is 0 Å². The van der Waals surface area contributed by atoms with Crippen LogP contribution in [0, 0.1) is 0 Å². The van der Waals surface area contributed by atoms with E-state index in [0.29, 0.717) is 17.2 Å². The third-order valence-corrected chi connectivity index (χ3v) is 6.38. The Balaban J connectivity index is 1.86. The zero-order valence-electron chi connectivity index (χ0n) is 18.0. The first-order chi connectivity index (χ1) is 14.5. The molecule has 0 bridgehead atoms. The molecule has 3 rings (SSSR count). The highest BCUT2D eigenvalue weighted by Crippen LogP contribution is 2.41. The van der Waals surface area contributed by atoms with E-state index in [-0.39, 0.29) is 18.6 Å². The van der Waals surface area contributed by atoms with Gasteiger partial charge in [0.05, 0.1) is 19.3 Å². The average Bonchev–Trinajstić information content (AvgIpc) is 3.11. The van der Waals surface area contributed by atoms with Crippen molar-refractivity contribution in [3.05, 3.63) is 45.8 Å². The van der Waals surface area contributed by atoms with E-state index in [1.165, 1.54) is 16.2 Å². The summed E-state index contributed by atoms with van der Waals surface area (Å²) in [6, 6.07) is 7.21. The van der Waals surface area contributed by atoms with Gasteiger partial charge in [-0.15, -0.1) is 11.3 Å². The summed E-state index contributed by atoms with van der Waals surface area (Å²) < 4.78 is 16.1. The number of thiophene rings is 1. The lowest BCUT2D eigenvalue weighted by Gasteiger charge is -2.25. The maximum atomic E-state index is 13.1. The molecule has 2 aromatic rings. The number of aryl methyl sites for hydroxylation is 1. The van der Waals surface area contributed by atoms with E-state index >= 15 is 0 Å². The van der Waals surface area contributed by atoms with Crippen LogP contribution in [0.15, 0.2) is 24.3 Å². The van der Waals surface area contributed by atoms with Crippen molar-refractivity contribution in [3.8, 4) is 5.75 Å². The van der Waals surface area contributed by atoms with Gasteiger partial charge in [-0.2, -0.15) is 0 Å². The number of hydrogen-bond donors (Lipinski definition) is 0. The minimum atomic E-state index is -0.468. The summed E-state index contributed by atoms with van der Waals surface area (Å²) in [5.41, 5.74) is 2.43. The van der Waals surface area contributed by atoms with Gasteiger partial charge in [0.1, 0.15) is 17.4 Å². The highest BCUT2D eigenvalue weighted by atomic mass is 32.1. The molecule has 162 valence electrons. The normalized spacial score (nSPS) is 13.0. The molecule has 1 aliphatic rings. The van der Waals surface area contributed by atoms with E-state index in [1.807, 2.05) is 38.1 Å². The number of fused-ring (bicyclic) bond motifs is 1. The molecule has 30 heavy (non-hydrogen) atoms. The van der Waals surface area contributed by atoms with Gasteiger partial charge in [-0.25, -0.2) is 9.59 Å². The molecule has 6 nitrogen and oxygen atoms in total. The lowest BCUT2D eigenvalue weighted by atomic mass is 9.95. The lowest BCUT2D eigenvalue weighted by Crippen LogP contribution is -2.38. The molecule has 0 unspecified atom stereocenters. The van der Waals surface area contributed by atoms with Gasteiger partial charge in [0.25, 0.3) is 0 Å². The fourth-order valence-corrected chi connectivity index (χ4v) is 5.10. The average molecular weight is 432 g/mol. The Kier molecular flexibility index (Phi) is 7.37.